The van der Waals surface area contributed by atoms with Crippen molar-refractivity contribution in [2.75, 3.05) is 0 Å². The first-order valence-electron chi connectivity index (χ1n) is 6.67. The molecule has 0 aromatic rings. The fourth-order valence-corrected chi connectivity index (χ4v) is 15.4. The topological polar surface area (TPSA) is 148 Å². The standard InChI is InChI=1S/C8HN12P4S8/c25-1-9-21(10-2-26)17-22(11-3-27,12-4-28)19-24(15-7-31,16-8-32)20-23(18-21,13-5-29)14-6-30/h17H/q+1. The average Bonchev–Trinajstić information content (AvgIpc) is 2.68. The highest BCUT2D eigenvalue weighted by molar-refractivity contribution is 7.91. The molecule has 0 aromatic heterocycles. The second-order valence-electron chi connectivity index (χ2n) is 4.11. The Bertz CT molecular complexity index is 1310. The normalized spacial score (nSPS) is 29.8. The third-order valence-corrected chi connectivity index (χ3v) is 15.2. The third-order valence-electron chi connectivity index (χ3n) is 2.42. The van der Waals surface area contributed by atoms with Gasteiger partial charge in [0.1, 0.15) is 10.3 Å². The Morgan fingerprint density at radius 2 is 0.938 bits per heavy atom. The smallest absolute Gasteiger partial charge is 0.171 e. The summed E-state index contributed by atoms with van der Waals surface area (Å²) in [6.45, 7) is 0. The number of rotatable bonds is 8. The minimum Gasteiger partial charge on any atom is -0.171 e. The average molecular weight is 646 g/mol. The van der Waals surface area contributed by atoms with Gasteiger partial charge in [-0.2, -0.15) is 28.4 Å². The molecule has 32 heavy (non-hydrogen) atoms. The number of nitrogens with zero attached hydrogens (tertiary/aromatic N) is 11. The quantitative estimate of drug-likeness (QED) is 0.158. The van der Waals surface area contributed by atoms with Crippen molar-refractivity contribution < 1.29 is 0 Å². The van der Waals surface area contributed by atoms with Gasteiger partial charge in [-0.3, -0.25) is 0 Å². The fraction of sp³-hybridized carbons (Fsp3) is 0. The van der Waals surface area contributed by atoms with Gasteiger partial charge in [-0.25, -0.2) is 0 Å². The summed E-state index contributed by atoms with van der Waals surface area (Å²) in [5.41, 5.74) is 0. The maximum Gasteiger partial charge on any atom is 0.519 e. The molecular weight excluding hydrogens is 645 g/mol. The summed E-state index contributed by atoms with van der Waals surface area (Å²) in [5, 5.41) is 17.1. The van der Waals surface area contributed by atoms with E-state index in [2.05, 4.69) is 97.8 Å². The first-order chi connectivity index (χ1) is 15.3. The van der Waals surface area contributed by atoms with Crippen LogP contribution in [-0.2, 0) is 0 Å². The monoisotopic (exact) mass is 645 g/mol. The Balaban J connectivity index is 4.81. The van der Waals surface area contributed by atoms with Crippen LogP contribution in [0.5, 0.6) is 0 Å². The van der Waals surface area contributed by atoms with Crippen LogP contribution in [0.1, 0.15) is 0 Å². The molecule has 0 radical (unpaired) electrons. The van der Waals surface area contributed by atoms with Crippen molar-refractivity contribution >= 4 is 169 Å². The van der Waals surface area contributed by atoms with Crippen LogP contribution in [0.2, 0.25) is 0 Å². The third kappa shape index (κ3) is 7.77. The van der Waals surface area contributed by atoms with Crippen molar-refractivity contribution in [1.82, 2.24) is 4.86 Å². The zero-order valence-electron chi connectivity index (χ0n) is 14.5. The molecule has 0 amide bonds. The van der Waals surface area contributed by atoms with Crippen LogP contribution >= 0.6 is 128 Å². The van der Waals surface area contributed by atoms with Crippen molar-refractivity contribution in [3.05, 3.63) is 0 Å². The molecule has 0 fully saturated rings. The number of isothiocyanates is 8. The minimum atomic E-state index is -3.78. The molecule has 0 atom stereocenters. The summed E-state index contributed by atoms with van der Waals surface area (Å²) in [7, 11) is -14.9. The number of thiocarbonyl (C=S) groups is 8. The molecule has 1 aliphatic rings. The predicted octanol–water partition coefficient (Wildman–Crippen LogP) is 7.93. The van der Waals surface area contributed by atoms with E-state index in [1.807, 2.05) is 0 Å². The van der Waals surface area contributed by atoms with E-state index in [1.54, 1.807) is 0 Å². The lowest BCUT2D eigenvalue weighted by Crippen LogP contribution is -2.04. The molecule has 160 valence electrons. The van der Waals surface area contributed by atoms with Crippen molar-refractivity contribution in [1.29, 1.82) is 0 Å². The Morgan fingerprint density at radius 3 is 1.31 bits per heavy atom. The molecule has 1 aliphatic heterocycles. The summed E-state index contributed by atoms with van der Waals surface area (Å²) in [6, 6.07) is 0. The molecule has 1 heterocycles. The van der Waals surface area contributed by atoms with E-state index >= 15 is 0 Å². The van der Waals surface area contributed by atoms with Gasteiger partial charge in [0.25, 0.3) is 7.51 Å². The van der Waals surface area contributed by atoms with Gasteiger partial charge in [0, 0.05) is 14.0 Å². The lowest BCUT2D eigenvalue weighted by atomic mass is 11.8. The van der Waals surface area contributed by atoms with E-state index in [9.17, 15) is 0 Å². The molecule has 0 unspecified atom stereocenters. The molecular formula is C8HN12P4S8+. The van der Waals surface area contributed by atoms with Gasteiger partial charge in [0.2, 0.25) is 0 Å². The predicted molar refractivity (Wildman–Crippen MR) is 158 cm³/mol. The van der Waals surface area contributed by atoms with Crippen LogP contribution < -0.4 is 4.86 Å². The highest BCUT2D eigenvalue weighted by Gasteiger charge is 2.52. The van der Waals surface area contributed by atoms with E-state index in [0.717, 1.165) is 0 Å². The lowest BCUT2D eigenvalue weighted by Gasteiger charge is -2.22. The van der Waals surface area contributed by atoms with Crippen LogP contribution in [0.15, 0.2) is 51.6 Å². The lowest BCUT2D eigenvalue weighted by molar-refractivity contribution is 1.37. The first kappa shape index (κ1) is 29.5. The van der Waals surface area contributed by atoms with Crippen molar-refractivity contribution in [2.24, 2.45) is 51.6 Å². The molecule has 1 rings (SSSR count). The van der Waals surface area contributed by atoms with Gasteiger partial charge in [0.15, 0.2) is 0 Å². The Labute approximate surface area is 224 Å². The van der Waals surface area contributed by atoms with Crippen LogP contribution in [0.4, 0.5) is 0 Å². The highest BCUT2D eigenvalue weighted by Crippen LogP contribution is 2.83. The van der Waals surface area contributed by atoms with Crippen LogP contribution in [0.3, 0.4) is 0 Å². The minimum absolute atomic E-state index is 2.13. The summed E-state index contributed by atoms with van der Waals surface area (Å²) < 4.78 is 45.1. The Morgan fingerprint density at radius 1 is 0.531 bits per heavy atom. The van der Waals surface area contributed by atoms with E-state index in [1.165, 1.54) is 0 Å². The highest BCUT2D eigenvalue weighted by atomic mass is 32.1. The summed E-state index contributed by atoms with van der Waals surface area (Å²) >= 11 is 37.9. The van der Waals surface area contributed by atoms with Crippen molar-refractivity contribution in [2.45, 2.75) is 0 Å². The summed E-state index contributed by atoms with van der Waals surface area (Å²) in [5.74, 6) is 0. The van der Waals surface area contributed by atoms with Crippen LogP contribution in [0, 0.1) is 0 Å². The second kappa shape index (κ2) is 14.0. The van der Waals surface area contributed by atoms with Crippen molar-refractivity contribution in [3.8, 4) is 0 Å². The molecule has 1 N–H and O–H groups in total. The van der Waals surface area contributed by atoms with Gasteiger partial charge in [-0.15, -0.1) is 9.53 Å². The van der Waals surface area contributed by atoms with E-state index in [0.29, 0.717) is 0 Å². The molecule has 0 saturated heterocycles. The molecule has 0 spiro atoms. The largest absolute Gasteiger partial charge is 0.519 e. The van der Waals surface area contributed by atoms with Gasteiger partial charge in [-0.1, -0.05) is 0 Å². The van der Waals surface area contributed by atoms with Crippen LogP contribution in [-0.4, -0.2) is 41.3 Å². The van der Waals surface area contributed by atoms with Gasteiger partial charge in [0.05, 0.1) is 31.0 Å². The van der Waals surface area contributed by atoms with E-state index < -0.39 is 30.4 Å². The van der Waals surface area contributed by atoms with Gasteiger partial charge >= 0.3 is 22.9 Å². The summed E-state index contributed by atoms with van der Waals surface area (Å²) in [6.07, 6.45) is 0. The molecule has 0 saturated carbocycles. The molecule has 24 heteroatoms. The van der Waals surface area contributed by atoms with Gasteiger partial charge < -0.3 is 0 Å². The maximum absolute atomic E-state index is 4.74. The molecule has 0 aromatic carbocycles. The number of hydrogen-bond donors (Lipinski definition) is 1. The Kier molecular flexibility index (Phi) is 12.9. The summed E-state index contributed by atoms with van der Waals surface area (Å²) in [4.78, 5) is 2.84. The van der Waals surface area contributed by atoms with E-state index in [4.69, 9.17) is 97.7 Å². The van der Waals surface area contributed by atoms with Gasteiger partial charge in [-0.05, 0) is 102 Å². The molecule has 0 aliphatic carbocycles. The molecule has 12 nitrogen and oxygen atoms in total. The number of nitrogens with one attached hydrogen (secondary N) is 1. The Hall–Kier alpha value is -0.520. The van der Waals surface area contributed by atoms with Crippen molar-refractivity contribution in [3.63, 3.8) is 0 Å². The SMILES string of the molecule is S=C=NP1(N=C=S)=N[P+](N=C=S)(N=C=S)N=P(N=C=S)(N=C=S)NP(N=C=S)(N=C=S)=N1. The fourth-order valence-electron chi connectivity index (χ4n) is 1.62. The maximum atomic E-state index is 4.74. The van der Waals surface area contributed by atoms with E-state index in [-0.39, 0.29) is 0 Å². The zero-order valence-corrected chi connectivity index (χ0v) is 24.6. The second-order valence-corrected chi connectivity index (χ2v) is 14.5. The molecule has 0 bridgehead atoms. The first-order valence-corrected chi connectivity index (χ1v) is 16.4. The van der Waals surface area contributed by atoms with Crippen LogP contribution in [0.25, 0.3) is 0 Å². The zero-order chi connectivity index (χ0) is 24.1. The number of hydrogen-bond acceptors (Lipinski definition) is 20.